The minimum absolute atomic E-state index is 0.0423. The lowest BCUT2D eigenvalue weighted by molar-refractivity contribution is -0.384. The zero-order chi connectivity index (χ0) is 13.0. The van der Waals surface area contributed by atoms with E-state index in [1.54, 1.807) is 0 Å². The predicted molar refractivity (Wildman–Crippen MR) is 61.2 cm³/mol. The van der Waals surface area contributed by atoms with Crippen molar-refractivity contribution in [1.82, 2.24) is 20.6 Å². The molecule has 0 spiro atoms. The molecule has 0 atom stereocenters. The number of benzene rings is 1. The van der Waals surface area contributed by atoms with E-state index in [9.17, 15) is 10.1 Å². The standard InChI is InChI=1S/C9H10N6O3/c1-18-6-2-3-8(15(16)17)7(4-6)10-5-9-11-13-14-12-9/h2-4,10H,5H2,1H3,(H,11,12,13,14). The van der Waals surface area contributed by atoms with Crippen molar-refractivity contribution in [3.8, 4) is 5.75 Å². The Bertz CT molecular complexity index is 541. The molecule has 0 radical (unpaired) electrons. The second-order valence-electron chi connectivity index (χ2n) is 3.32. The van der Waals surface area contributed by atoms with E-state index in [1.165, 1.54) is 25.3 Å². The highest BCUT2D eigenvalue weighted by atomic mass is 16.6. The summed E-state index contributed by atoms with van der Waals surface area (Å²) in [5.41, 5.74) is 0.295. The summed E-state index contributed by atoms with van der Waals surface area (Å²) < 4.78 is 5.01. The molecule has 0 aliphatic heterocycles. The van der Waals surface area contributed by atoms with Gasteiger partial charge in [0.15, 0.2) is 5.82 Å². The third-order valence-corrected chi connectivity index (χ3v) is 2.23. The molecule has 94 valence electrons. The molecule has 2 rings (SSSR count). The number of nitrogens with zero attached hydrogens (tertiary/aromatic N) is 4. The summed E-state index contributed by atoms with van der Waals surface area (Å²) in [6, 6.07) is 4.44. The van der Waals surface area contributed by atoms with E-state index < -0.39 is 4.92 Å². The fourth-order valence-electron chi connectivity index (χ4n) is 1.37. The van der Waals surface area contributed by atoms with Gasteiger partial charge in [-0.3, -0.25) is 10.1 Å². The van der Waals surface area contributed by atoms with Crippen LogP contribution < -0.4 is 10.1 Å². The summed E-state index contributed by atoms with van der Waals surface area (Å²) in [5.74, 6) is 0.934. The minimum Gasteiger partial charge on any atom is -0.497 e. The Kier molecular flexibility index (Phi) is 3.32. The summed E-state index contributed by atoms with van der Waals surface area (Å²) in [6.07, 6.45) is 0. The van der Waals surface area contributed by atoms with Crippen LogP contribution in [0.1, 0.15) is 5.82 Å². The molecular formula is C9H10N6O3. The normalized spacial score (nSPS) is 10.1. The van der Waals surface area contributed by atoms with Crippen molar-refractivity contribution in [2.45, 2.75) is 6.54 Å². The van der Waals surface area contributed by atoms with Crippen LogP contribution in [0.5, 0.6) is 5.75 Å². The van der Waals surface area contributed by atoms with Gasteiger partial charge in [-0.25, -0.2) is 0 Å². The number of anilines is 1. The van der Waals surface area contributed by atoms with E-state index in [0.29, 0.717) is 17.3 Å². The molecule has 9 nitrogen and oxygen atoms in total. The largest absolute Gasteiger partial charge is 0.497 e. The minimum atomic E-state index is -0.474. The van der Waals surface area contributed by atoms with Crippen LogP contribution >= 0.6 is 0 Å². The molecule has 0 fully saturated rings. The number of methoxy groups -OCH3 is 1. The molecule has 0 amide bonds. The van der Waals surface area contributed by atoms with Gasteiger partial charge in [0, 0.05) is 12.1 Å². The van der Waals surface area contributed by atoms with Gasteiger partial charge >= 0.3 is 0 Å². The molecule has 9 heteroatoms. The first-order valence-corrected chi connectivity index (χ1v) is 4.99. The van der Waals surface area contributed by atoms with Crippen molar-refractivity contribution in [2.75, 3.05) is 12.4 Å². The number of ether oxygens (including phenoxy) is 1. The molecule has 0 saturated carbocycles. The fraction of sp³-hybridized carbons (Fsp3) is 0.222. The monoisotopic (exact) mass is 250 g/mol. The summed E-state index contributed by atoms with van der Waals surface area (Å²) in [4.78, 5) is 10.4. The first kappa shape index (κ1) is 11.8. The van der Waals surface area contributed by atoms with Gasteiger partial charge in [0.25, 0.3) is 5.69 Å². The second kappa shape index (κ2) is 5.08. The maximum Gasteiger partial charge on any atom is 0.292 e. The molecule has 0 aliphatic rings. The molecule has 2 N–H and O–H groups in total. The lowest BCUT2D eigenvalue weighted by Gasteiger charge is -2.06. The van der Waals surface area contributed by atoms with Crippen LogP contribution in [0, 0.1) is 10.1 Å². The highest BCUT2D eigenvalue weighted by Crippen LogP contribution is 2.28. The van der Waals surface area contributed by atoms with Crippen molar-refractivity contribution >= 4 is 11.4 Å². The number of hydrogen-bond donors (Lipinski definition) is 2. The number of rotatable bonds is 5. The number of nitro groups is 1. The van der Waals surface area contributed by atoms with Gasteiger partial charge in [-0.1, -0.05) is 5.21 Å². The molecule has 2 aromatic rings. The molecule has 0 unspecified atom stereocenters. The van der Waals surface area contributed by atoms with Crippen molar-refractivity contribution in [3.05, 3.63) is 34.1 Å². The Morgan fingerprint density at radius 1 is 1.56 bits per heavy atom. The predicted octanol–water partition coefficient (Wildman–Crippen LogP) is 0.729. The zero-order valence-corrected chi connectivity index (χ0v) is 9.45. The summed E-state index contributed by atoms with van der Waals surface area (Å²) in [7, 11) is 1.49. The Labute approximate surface area is 101 Å². The maximum atomic E-state index is 10.9. The molecule has 1 aromatic carbocycles. The summed E-state index contributed by atoms with van der Waals surface area (Å²) in [5, 5.41) is 26.9. The second-order valence-corrected chi connectivity index (χ2v) is 3.32. The Balaban J connectivity index is 2.20. The van der Waals surface area contributed by atoms with Gasteiger partial charge in [-0.15, -0.1) is 10.2 Å². The lowest BCUT2D eigenvalue weighted by atomic mass is 10.2. The van der Waals surface area contributed by atoms with E-state index in [0.717, 1.165) is 0 Å². The van der Waals surface area contributed by atoms with Crippen LogP contribution in [-0.4, -0.2) is 32.7 Å². The average molecular weight is 250 g/mol. The van der Waals surface area contributed by atoms with E-state index >= 15 is 0 Å². The Hall–Kier alpha value is -2.71. The van der Waals surface area contributed by atoms with E-state index in [1.807, 2.05) is 0 Å². The summed E-state index contributed by atoms with van der Waals surface area (Å²) in [6.45, 7) is 0.227. The number of H-pyrrole nitrogens is 1. The third-order valence-electron chi connectivity index (χ3n) is 2.23. The van der Waals surface area contributed by atoms with E-state index in [4.69, 9.17) is 4.74 Å². The molecule has 18 heavy (non-hydrogen) atoms. The summed E-state index contributed by atoms with van der Waals surface area (Å²) >= 11 is 0. The van der Waals surface area contributed by atoms with Crippen molar-refractivity contribution < 1.29 is 9.66 Å². The van der Waals surface area contributed by atoms with Crippen molar-refractivity contribution in [2.24, 2.45) is 0 Å². The van der Waals surface area contributed by atoms with Gasteiger partial charge in [-0.05, 0) is 6.07 Å². The van der Waals surface area contributed by atoms with Crippen LogP contribution in [-0.2, 0) is 6.54 Å². The van der Waals surface area contributed by atoms with E-state index in [2.05, 4.69) is 25.9 Å². The molecule has 1 heterocycles. The lowest BCUT2D eigenvalue weighted by Crippen LogP contribution is -2.04. The number of nitrogens with one attached hydrogen (secondary N) is 2. The van der Waals surface area contributed by atoms with Gasteiger partial charge in [0.2, 0.25) is 0 Å². The zero-order valence-electron chi connectivity index (χ0n) is 9.45. The maximum absolute atomic E-state index is 10.9. The van der Waals surface area contributed by atoms with Crippen molar-refractivity contribution in [1.29, 1.82) is 0 Å². The van der Waals surface area contributed by atoms with Crippen LogP contribution in [0.3, 0.4) is 0 Å². The SMILES string of the molecule is COc1ccc([N+](=O)[O-])c(NCc2nn[nH]n2)c1. The Morgan fingerprint density at radius 3 is 3.00 bits per heavy atom. The van der Waals surface area contributed by atoms with Crippen LogP contribution in [0.2, 0.25) is 0 Å². The third kappa shape index (κ3) is 2.51. The molecule has 0 aliphatic carbocycles. The quantitative estimate of drug-likeness (QED) is 0.592. The highest BCUT2D eigenvalue weighted by molar-refractivity contribution is 5.64. The van der Waals surface area contributed by atoms with Gasteiger partial charge in [0.1, 0.15) is 11.4 Å². The fourth-order valence-corrected chi connectivity index (χ4v) is 1.37. The highest BCUT2D eigenvalue weighted by Gasteiger charge is 2.14. The van der Waals surface area contributed by atoms with Gasteiger partial charge in [0.05, 0.1) is 18.6 Å². The molecule has 1 aromatic heterocycles. The number of hydrogen-bond acceptors (Lipinski definition) is 7. The first-order valence-electron chi connectivity index (χ1n) is 4.99. The Morgan fingerprint density at radius 2 is 2.39 bits per heavy atom. The average Bonchev–Trinajstić information content (AvgIpc) is 2.88. The van der Waals surface area contributed by atoms with Crippen LogP contribution in [0.25, 0.3) is 0 Å². The number of tetrazole rings is 1. The number of aromatic amines is 1. The molecule has 0 bridgehead atoms. The van der Waals surface area contributed by atoms with Crippen LogP contribution in [0.4, 0.5) is 11.4 Å². The van der Waals surface area contributed by atoms with Gasteiger partial charge in [-0.2, -0.15) is 5.21 Å². The molecule has 0 saturated heterocycles. The first-order chi connectivity index (χ1) is 8.70. The number of nitro benzene ring substituents is 1. The smallest absolute Gasteiger partial charge is 0.292 e. The van der Waals surface area contributed by atoms with Gasteiger partial charge < -0.3 is 10.1 Å². The van der Waals surface area contributed by atoms with E-state index in [-0.39, 0.29) is 12.2 Å². The van der Waals surface area contributed by atoms with Crippen LogP contribution in [0.15, 0.2) is 18.2 Å². The number of aromatic nitrogens is 4. The topological polar surface area (TPSA) is 119 Å². The molecular weight excluding hydrogens is 240 g/mol. The van der Waals surface area contributed by atoms with Crippen molar-refractivity contribution in [3.63, 3.8) is 0 Å².